The number of hydrogen-bond donors (Lipinski definition) is 0. The lowest BCUT2D eigenvalue weighted by molar-refractivity contribution is -0.113. The highest BCUT2D eigenvalue weighted by Crippen LogP contribution is 2.16. The molecule has 2 aromatic carbocycles. The van der Waals surface area contributed by atoms with Crippen LogP contribution in [0.5, 0.6) is 0 Å². The van der Waals surface area contributed by atoms with Gasteiger partial charge in [-0.2, -0.15) is 0 Å². The largest absolute Gasteiger partial charge is 0.295 e. The van der Waals surface area contributed by atoms with Gasteiger partial charge in [0.05, 0.1) is 0 Å². The molecule has 0 radical (unpaired) electrons. The van der Waals surface area contributed by atoms with Crippen LogP contribution in [0.3, 0.4) is 0 Å². The molecular formula is C17H15ClO. The van der Waals surface area contributed by atoms with Gasteiger partial charge in [-0.25, -0.2) is 0 Å². The highest BCUT2D eigenvalue weighted by molar-refractivity contribution is 6.30. The smallest absolute Gasteiger partial charge is 0.156 e. The van der Waals surface area contributed by atoms with Crippen molar-refractivity contribution in [2.45, 2.75) is 13.3 Å². The van der Waals surface area contributed by atoms with Gasteiger partial charge in [0.2, 0.25) is 0 Å². The van der Waals surface area contributed by atoms with Gasteiger partial charge in [-0.3, -0.25) is 4.79 Å². The Kier molecular flexibility index (Phi) is 4.53. The van der Waals surface area contributed by atoms with Crippen molar-refractivity contribution in [3.05, 3.63) is 76.3 Å². The summed E-state index contributed by atoms with van der Waals surface area (Å²) in [4.78, 5) is 11.7. The van der Waals surface area contributed by atoms with Gasteiger partial charge in [0.1, 0.15) is 0 Å². The second-order valence-electron chi connectivity index (χ2n) is 4.44. The lowest BCUT2D eigenvalue weighted by Crippen LogP contribution is -2.00. The van der Waals surface area contributed by atoms with Crippen LogP contribution < -0.4 is 0 Å². The summed E-state index contributed by atoms with van der Waals surface area (Å²) in [7, 11) is 0. The molecular weight excluding hydrogens is 256 g/mol. The van der Waals surface area contributed by atoms with E-state index in [2.05, 4.69) is 0 Å². The summed E-state index contributed by atoms with van der Waals surface area (Å²) in [5.74, 6) is 0.0961. The molecule has 0 N–H and O–H groups in total. The Balaban J connectivity index is 2.25. The van der Waals surface area contributed by atoms with Crippen molar-refractivity contribution < 1.29 is 4.79 Å². The number of carbonyl (C=O) groups excluding carboxylic acids is 1. The van der Waals surface area contributed by atoms with Gasteiger partial charge in [-0.05, 0) is 41.8 Å². The minimum atomic E-state index is 0.0961. The van der Waals surface area contributed by atoms with Crippen LogP contribution in [0.1, 0.15) is 18.1 Å². The maximum Gasteiger partial charge on any atom is 0.156 e. The Morgan fingerprint density at radius 2 is 1.68 bits per heavy atom. The van der Waals surface area contributed by atoms with Gasteiger partial charge >= 0.3 is 0 Å². The normalized spacial score (nSPS) is 11.4. The number of rotatable bonds is 4. The molecule has 0 saturated carbocycles. The van der Waals surface area contributed by atoms with Gasteiger partial charge in [-0.1, -0.05) is 54.1 Å². The van der Waals surface area contributed by atoms with E-state index in [9.17, 15) is 4.79 Å². The van der Waals surface area contributed by atoms with E-state index in [0.29, 0.717) is 11.4 Å². The van der Waals surface area contributed by atoms with E-state index in [0.717, 1.165) is 16.7 Å². The fraction of sp³-hybridized carbons (Fsp3) is 0.118. The standard InChI is InChI=1S/C17H15ClO/c1-13(19)16(11-14-5-3-2-4-6-14)12-15-7-9-17(18)10-8-15/h2-10,12H,11H2,1H3. The van der Waals surface area contributed by atoms with Crippen molar-refractivity contribution in [1.29, 1.82) is 0 Å². The predicted molar refractivity (Wildman–Crippen MR) is 80.3 cm³/mol. The Bertz CT molecular complexity index is 582. The van der Waals surface area contributed by atoms with E-state index in [1.54, 1.807) is 6.92 Å². The molecule has 2 rings (SSSR count). The van der Waals surface area contributed by atoms with E-state index in [-0.39, 0.29) is 5.78 Å². The summed E-state index contributed by atoms with van der Waals surface area (Å²) < 4.78 is 0. The summed E-state index contributed by atoms with van der Waals surface area (Å²) in [6, 6.07) is 17.5. The van der Waals surface area contributed by atoms with E-state index in [1.807, 2.05) is 60.7 Å². The third-order valence-electron chi connectivity index (χ3n) is 2.90. The molecule has 0 aliphatic carbocycles. The first-order chi connectivity index (χ1) is 9.15. The van der Waals surface area contributed by atoms with E-state index in [4.69, 9.17) is 11.6 Å². The molecule has 1 nitrogen and oxygen atoms in total. The van der Waals surface area contributed by atoms with Crippen LogP contribution in [-0.2, 0) is 11.2 Å². The van der Waals surface area contributed by atoms with Gasteiger partial charge in [0.25, 0.3) is 0 Å². The molecule has 19 heavy (non-hydrogen) atoms. The molecule has 0 aliphatic heterocycles. The number of halogens is 1. The van der Waals surface area contributed by atoms with Crippen LogP contribution in [0.2, 0.25) is 5.02 Å². The summed E-state index contributed by atoms with van der Waals surface area (Å²) in [6.45, 7) is 1.60. The van der Waals surface area contributed by atoms with Crippen molar-refractivity contribution in [2.24, 2.45) is 0 Å². The highest BCUT2D eigenvalue weighted by atomic mass is 35.5. The second kappa shape index (κ2) is 6.35. The fourth-order valence-corrected chi connectivity index (χ4v) is 1.98. The zero-order valence-electron chi connectivity index (χ0n) is 10.8. The zero-order chi connectivity index (χ0) is 13.7. The van der Waals surface area contributed by atoms with Gasteiger partial charge < -0.3 is 0 Å². The molecule has 0 amide bonds. The number of ketones is 1. The van der Waals surface area contributed by atoms with Crippen LogP contribution in [0.4, 0.5) is 0 Å². The molecule has 0 bridgehead atoms. The number of Topliss-reactive ketones (excluding diaryl/α,β-unsaturated/α-hetero) is 1. The maximum atomic E-state index is 11.7. The van der Waals surface area contributed by atoms with Crippen molar-refractivity contribution >= 4 is 23.5 Å². The van der Waals surface area contributed by atoms with Crippen LogP contribution in [0.15, 0.2) is 60.2 Å². The number of carbonyl (C=O) groups is 1. The Hall–Kier alpha value is -1.86. The summed E-state index contributed by atoms with van der Waals surface area (Å²) in [5.41, 5.74) is 2.93. The van der Waals surface area contributed by atoms with Crippen LogP contribution in [0.25, 0.3) is 6.08 Å². The average Bonchev–Trinajstić information content (AvgIpc) is 2.41. The Labute approximate surface area is 118 Å². The van der Waals surface area contributed by atoms with E-state index in [1.165, 1.54) is 0 Å². The number of hydrogen-bond acceptors (Lipinski definition) is 1. The summed E-state index contributed by atoms with van der Waals surface area (Å²) in [5, 5.41) is 0.699. The Morgan fingerprint density at radius 3 is 2.26 bits per heavy atom. The number of benzene rings is 2. The first-order valence-electron chi connectivity index (χ1n) is 6.16. The molecule has 0 unspecified atom stereocenters. The average molecular weight is 271 g/mol. The summed E-state index contributed by atoms with van der Waals surface area (Å²) >= 11 is 5.85. The van der Waals surface area contributed by atoms with Crippen molar-refractivity contribution in [2.75, 3.05) is 0 Å². The minimum absolute atomic E-state index is 0.0961. The lowest BCUT2D eigenvalue weighted by Gasteiger charge is -2.04. The van der Waals surface area contributed by atoms with Gasteiger partial charge in [0.15, 0.2) is 5.78 Å². The lowest BCUT2D eigenvalue weighted by atomic mass is 10.00. The van der Waals surface area contributed by atoms with E-state index < -0.39 is 0 Å². The van der Waals surface area contributed by atoms with Crippen LogP contribution in [-0.4, -0.2) is 5.78 Å². The molecule has 0 heterocycles. The zero-order valence-corrected chi connectivity index (χ0v) is 11.5. The highest BCUT2D eigenvalue weighted by Gasteiger charge is 2.05. The third-order valence-corrected chi connectivity index (χ3v) is 3.15. The van der Waals surface area contributed by atoms with Crippen LogP contribution >= 0.6 is 11.6 Å². The first kappa shape index (κ1) is 13.6. The number of allylic oxidation sites excluding steroid dienone is 1. The summed E-state index contributed by atoms with van der Waals surface area (Å²) in [6.07, 6.45) is 2.57. The minimum Gasteiger partial charge on any atom is -0.295 e. The molecule has 2 aromatic rings. The van der Waals surface area contributed by atoms with Crippen LogP contribution in [0, 0.1) is 0 Å². The molecule has 0 atom stereocenters. The van der Waals surface area contributed by atoms with E-state index >= 15 is 0 Å². The SMILES string of the molecule is CC(=O)C(=Cc1ccc(Cl)cc1)Cc1ccccc1. The van der Waals surface area contributed by atoms with Crippen molar-refractivity contribution in [3.8, 4) is 0 Å². The molecule has 0 aliphatic rings. The molecule has 2 heteroatoms. The van der Waals surface area contributed by atoms with Crippen molar-refractivity contribution in [3.63, 3.8) is 0 Å². The molecule has 0 saturated heterocycles. The van der Waals surface area contributed by atoms with Gasteiger partial charge in [0, 0.05) is 11.4 Å². The molecule has 0 spiro atoms. The van der Waals surface area contributed by atoms with Gasteiger partial charge in [-0.15, -0.1) is 0 Å². The second-order valence-corrected chi connectivity index (χ2v) is 4.88. The molecule has 0 aromatic heterocycles. The predicted octanol–water partition coefficient (Wildman–Crippen LogP) is 4.56. The monoisotopic (exact) mass is 270 g/mol. The molecule has 96 valence electrons. The maximum absolute atomic E-state index is 11.7. The quantitative estimate of drug-likeness (QED) is 0.745. The first-order valence-corrected chi connectivity index (χ1v) is 6.54. The topological polar surface area (TPSA) is 17.1 Å². The third kappa shape index (κ3) is 4.08. The fourth-order valence-electron chi connectivity index (χ4n) is 1.85. The molecule has 0 fully saturated rings. The Morgan fingerprint density at radius 1 is 1.05 bits per heavy atom. The van der Waals surface area contributed by atoms with Crippen molar-refractivity contribution in [1.82, 2.24) is 0 Å².